The zero-order valence-corrected chi connectivity index (χ0v) is 8.45. The largest absolute Gasteiger partial charge is 0.401 e. The first-order valence-electron chi connectivity index (χ1n) is 4.09. The Hall–Kier alpha value is -1.13. The minimum absolute atomic E-state index is 0.0709. The Kier molecular flexibility index (Phi) is 4.05. The SMILES string of the molecule is N#CCc1nc(CNCC(F)(F)F)cs1. The van der Waals surface area contributed by atoms with Gasteiger partial charge < -0.3 is 5.32 Å². The summed E-state index contributed by atoms with van der Waals surface area (Å²) in [5.74, 6) is 0. The molecule has 7 heteroatoms. The van der Waals surface area contributed by atoms with Gasteiger partial charge in [-0.3, -0.25) is 0 Å². The molecule has 82 valence electrons. The van der Waals surface area contributed by atoms with Gasteiger partial charge in [0, 0.05) is 11.9 Å². The van der Waals surface area contributed by atoms with E-state index in [-0.39, 0.29) is 13.0 Å². The predicted octanol–water partition coefficient (Wildman–Crippen LogP) is 1.86. The van der Waals surface area contributed by atoms with Crippen LogP contribution in [0, 0.1) is 11.3 Å². The Morgan fingerprint density at radius 2 is 2.27 bits per heavy atom. The lowest BCUT2D eigenvalue weighted by Gasteiger charge is -2.06. The van der Waals surface area contributed by atoms with Crippen LogP contribution in [0.15, 0.2) is 5.38 Å². The Morgan fingerprint density at radius 3 is 2.87 bits per heavy atom. The third-order valence-corrected chi connectivity index (χ3v) is 2.36. The Balaban J connectivity index is 2.35. The summed E-state index contributed by atoms with van der Waals surface area (Å²) < 4.78 is 35.3. The first kappa shape index (κ1) is 11.9. The van der Waals surface area contributed by atoms with E-state index in [9.17, 15) is 13.2 Å². The molecule has 0 aliphatic rings. The number of hydrogen-bond donors (Lipinski definition) is 1. The molecule has 0 aromatic carbocycles. The Morgan fingerprint density at radius 1 is 1.53 bits per heavy atom. The maximum atomic E-state index is 11.8. The van der Waals surface area contributed by atoms with E-state index in [1.807, 2.05) is 6.07 Å². The van der Waals surface area contributed by atoms with Crippen molar-refractivity contribution in [2.75, 3.05) is 6.54 Å². The van der Waals surface area contributed by atoms with Crippen LogP contribution in [0.25, 0.3) is 0 Å². The standard InChI is InChI=1S/C8H8F3N3S/c9-8(10,11)5-13-3-6-4-15-7(14-6)1-2-12/h4,13H,1,3,5H2. The second-order valence-corrected chi connectivity index (χ2v) is 3.73. The molecule has 0 amide bonds. The quantitative estimate of drug-likeness (QED) is 0.866. The monoisotopic (exact) mass is 235 g/mol. The number of aromatic nitrogens is 1. The van der Waals surface area contributed by atoms with Crippen LogP contribution in [0.5, 0.6) is 0 Å². The summed E-state index contributed by atoms with van der Waals surface area (Å²) in [6.45, 7) is -0.959. The van der Waals surface area contributed by atoms with E-state index in [4.69, 9.17) is 5.26 Å². The van der Waals surface area contributed by atoms with Gasteiger partial charge in [-0.05, 0) is 0 Å². The van der Waals surface area contributed by atoms with Crippen molar-refractivity contribution in [1.29, 1.82) is 5.26 Å². The highest BCUT2D eigenvalue weighted by Gasteiger charge is 2.26. The second-order valence-electron chi connectivity index (χ2n) is 2.79. The van der Waals surface area contributed by atoms with E-state index in [1.165, 1.54) is 11.3 Å². The maximum absolute atomic E-state index is 11.8. The lowest BCUT2D eigenvalue weighted by molar-refractivity contribution is -0.125. The molecule has 1 aromatic rings. The second kappa shape index (κ2) is 5.09. The van der Waals surface area contributed by atoms with Crippen LogP contribution >= 0.6 is 11.3 Å². The van der Waals surface area contributed by atoms with Crippen molar-refractivity contribution in [2.24, 2.45) is 0 Å². The molecule has 3 nitrogen and oxygen atoms in total. The van der Waals surface area contributed by atoms with Gasteiger partial charge in [0.05, 0.1) is 24.7 Å². The zero-order valence-electron chi connectivity index (χ0n) is 7.64. The number of nitrogens with zero attached hydrogens (tertiary/aromatic N) is 2. The number of thiazole rings is 1. The summed E-state index contributed by atoms with van der Waals surface area (Å²) >= 11 is 1.28. The Bertz CT molecular complexity index is 353. The lowest BCUT2D eigenvalue weighted by atomic mass is 10.4. The van der Waals surface area contributed by atoms with Gasteiger partial charge >= 0.3 is 6.18 Å². The van der Waals surface area contributed by atoms with Gasteiger partial charge in [-0.15, -0.1) is 11.3 Å². The minimum atomic E-state index is -4.20. The summed E-state index contributed by atoms with van der Waals surface area (Å²) in [5, 5.41) is 12.9. The van der Waals surface area contributed by atoms with Crippen molar-refractivity contribution in [3.63, 3.8) is 0 Å². The van der Waals surface area contributed by atoms with Gasteiger partial charge in [-0.25, -0.2) is 4.98 Å². The fraction of sp³-hybridized carbons (Fsp3) is 0.500. The fourth-order valence-electron chi connectivity index (χ4n) is 0.911. The van der Waals surface area contributed by atoms with Crippen LogP contribution in [0.2, 0.25) is 0 Å². The van der Waals surface area contributed by atoms with Gasteiger partial charge in [0.15, 0.2) is 0 Å². The number of nitrogens with one attached hydrogen (secondary N) is 1. The molecule has 0 unspecified atom stereocenters. The van der Waals surface area contributed by atoms with Crippen LogP contribution in [-0.2, 0) is 13.0 Å². The molecule has 1 rings (SSSR count). The van der Waals surface area contributed by atoms with Crippen LogP contribution in [0.1, 0.15) is 10.7 Å². The smallest absolute Gasteiger partial charge is 0.303 e. The highest BCUT2D eigenvalue weighted by molar-refractivity contribution is 7.09. The van der Waals surface area contributed by atoms with Crippen LogP contribution < -0.4 is 5.32 Å². The van der Waals surface area contributed by atoms with Gasteiger partial charge in [0.1, 0.15) is 5.01 Å². The van der Waals surface area contributed by atoms with E-state index < -0.39 is 12.7 Å². The first-order chi connectivity index (χ1) is 7.01. The summed E-state index contributed by atoms with van der Waals surface area (Å²) in [4.78, 5) is 3.99. The molecule has 0 radical (unpaired) electrons. The van der Waals surface area contributed by atoms with Crippen LogP contribution in [-0.4, -0.2) is 17.7 Å². The van der Waals surface area contributed by atoms with Gasteiger partial charge in [0.25, 0.3) is 0 Å². The normalized spacial score (nSPS) is 11.3. The van der Waals surface area contributed by atoms with Gasteiger partial charge in [-0.1, -0.05) is 0 Å². The zero-order chi connectivity index (χ0) is 11.3. The van der Waals surface area contributed by atoms with Gasteiger partial charge in [0.2, 0.25) is 0 Å². The molecule has 1 heterocycles. The third kappa shape index (κ3) is 4.76. The first-order valence-corrected chi connectivity index (χ1v) is 4.97. The molecule has 0 aliphatic heterocycles. The molecule has 0 bridgehead atoms. The number of halogens is 3. The number of nitriles is 1. The summed E-state index contributed by atoms with van der Waals surface area (Å²) in [7, 11) is 0. The topological polar surface area (TPSA) is 48.7 Å². The van der Waals surface area contributed by atoms with Crippen molar-refractivity contribution in [1.82, 2.24) is 10.3 Å². The lowest BCUT2D eigenvalue weighted by Crippen LogP contribution is -2.28. The summed E-state index contributed by atoms with van der Waals surface area (Å²) in [6, 6.07) is 1.93. The fourth-order valence-corrected chi connectivity index (χ4v) is 1.64. The third-order valence-electron chi connectivity index (χ3n) is 1.46. The van der Waals surface area contributed by atoms with Crippen molar-refractivity contribution >= 4 is 11.3 Å². The van der Waals surface area contributed by atoms with Crippen molar-refractivity contribution < 1.29 is 13.2 Å². The molecule has 15 heavy (non-hydrogen) atoms. The molecule has 0 fully saturated rings. The summed E-state index contributed by atoms with van der Waals surface area (Å²) in [5.41, 5.74) is 0.537. The number of alkyl halides is 3. The molecule has 0 saturated heterocycles. The van der Waals surface area contributed by atoms with E-state index >= 15 is 0 Å². The van der Waals surface area contributed by atoms with E-state index in [0.29, 0.717) is 10.7 Å². The molecule has 0 atom stereocenters. The maximum Gasteiger partial charge on any atom is 0.401 e. The molecular formula is C8H8F3N3S. The molecule has 0 spiro atoms. The molecule has 1 N–H and O–H groups in total. The number of hydrogen-bond acceptors (Lipinski definition) is 4. The van der Waals surface area contributed by atoms with E-state index in [2.05, 4.69) is 10.3 Å². The predicted molar refractivity (Wildman–Crippen MR) is 49.2 cm³/mol. The highest BCUT2D eigenvalue weighted by atomic mass is 32.1. The highest BCUT2D eigenvalue weighted by Crippen LogP contribution is 2.13. The van der Waals surface area contributed by atoms with Crippen LogP contribution in [0.3, 0.4) is 0 Å². The van der Waals surface area contributed by atoms with Crippen molar-refractivity contribution in [2.45, 2.75) is 19.1 Å². The molecule has 0 aliphatic carbocycles. The average molecular weight is 235 g/mol. The molecule has 1 aromatic heterocycles. The van der Waals surface area contributed by atoms with Crippen LogP contribution in [0.4, 0.5) is 13.2 Å². The van der Waals surface area contributed by atoms with E-state index in [0.717, 1.165) is 0 Å². The number of rotatable bonds is 4. The van der Waals surface area contributed by atoms with Gasteiger partial charge in [-0.2, -0.15) is 18.4 Å². The summed E-state index contributed by atoms with van der Waals surface area (Å²) in [6.07, 6.45) is -4.00. The minimum Gasteiger partial charge on any atom is -0.303 e. The molecule has 0 saturated carbocycles. The molecular weight excluding hydrogens is 227 g/mol. The average Bonchev–Trinajstić information content (AvgIpc) is 2.51. The van der Waals surface area contributed by atoms with Crippen molar-refractivity contribution in [3.05, 3.63) is 16.1 Å². The van der Waals surface area contributed by atoms with Crippen molar-refractivity contribution in [3.8, 4) is 6.07 Å². The van der Waals surface area contributed by atoms with E-state index in [1.54, 1.807) is 5.38 Å². The Labute approximate surface area is 88.6 Å².